The first-order chi connectivity index (χ1) is 12.5. The second-order valence-corrected chi connectivity index (χ2v) is 7.05. The number of aliphatic imine (C=N–C) groups is 1. The number of ether oxygens (including phenoxy) is 1. The SMILES string of the molecule is CCNC(=NCC(C)(O)c1cccs1)NCC(OC)c1ccc(F)cc1.I. The molecule has 3 N–H and O–H groups in total. The van der Waals surface area contributed by atoms with Crippen LogP contribution in [-0.2, 0) is 10.3 Å². The molecule has 1 heterocycles. The van der Waals surface area contributed by atoms with Gasteiger partial charge in [0.05, 0.1) is 12.6 Å². The number of nitrogens with one attached hydrogen (secondary N) is 2. The molecule has 1 aromatic heterocycles. The van der Waals surface area contributed by atoms with Crippen LogP contribution < -0.4 is 10.6 Å². The minimum absolute atomic E-state index is 0. The lowest BCUT2D eigenvalue weighted by atomic mass is 10.1. The Labute approximate surface area is 181 Å². The fourth-order valence-corrected chi connectivity index (χ4v) is 3.22. The summed E-state index contributed by atoms with van der Waals surface area (Å²) in [4.78, 5) is 5.36. The number of rotatable bonds is 8. The Balaban J connectivity index is 0.00000364. The lowest BCUT2D eigenvalue weighted by Gasteiger charge is -2.22. The van der Waals surface area contributed by atoms with Gasteiger partial charge in [-0.2, -0.15) is 0 Å². The minimum Gasteiger partial charge on any atom is -0.383 e. The third-order valence-electron chi connectivity index (χ3n) is 3.92. The van der Waals surface area contributed by atoms with Gasteiger partial charge >= 0.3 is 0 Å². The molecule has 0 amide bonds. The van der Waals surface area contributed by atoms with E-state index in [1.165, 1.54) is 23.5 Å². The van der Waals surface area contributed by atoms with Gasteiger partial charge in [-0.15, -0.1) is 35.3 Å². The number of thiophene rings is 1. The highest BCUT2D eigenvalue weighted by molar-refractivity contribution is 14.0. The summed E-state index contributed by atoms with van der Waals surface area (Å²) in [5.41, 5.74) is -0.142. The van der Waals surface area contributed by atoms with Crippen LogP contribution in [0, 0.1) is 5.82 Å². The van der Waals surface area contributed by atoms with Crippen molar-refractivity contribution in [1.29, 1.82) is 0 Å². The number of benzene rings is 1. The summed E-state index contributed by atoms with van der Waals surface area (Å²) in [6.07, 6.45) is -0.239. The summed E-state index contributed by atoms with van der Waals surface area (Å²) in [6, 6.07) is 10.1. The number of hydrogen-bond donors (Lipinski definition) is 3. The van der Waals surface area contributed by atoms with Crippen LogP contribution >= 0.6 is 35.3 Å². The van der Waals surface area contributed by atoms with Gasteiger partial charge in [-0.3, -0.25) is 0 Å². The molecule has 0 fully saturated rings. The molecule has 2 aromatic rings. The van der Waals surface area contributed by atoms with Crippen molar-refractivity contribution in [3.05, 3.63) is 58.0 Å². The molecule has 0 aliphatic rings. The Morgan fingerprint density at radius 1 is 1.30 bits per heavy atom. The lowest BCUT2D eigenvalue weighted by Crippen LogP contribution is -2.40. The Morgan fingerprint density at radius 2 is 2.00 bits per heavy atom. The number of aliphatic hydroxyl groups is 1. The van der Waals surface area contributed by atoms with E-state index < -0.39 is 5.60 Å². The standard InChI is InChI=1S/C19H26FN3O2S.HI/c1-4-21-18(23-13-19(2,24)17-6-5-11-26-17)22-12-16(25-3)14-7-9-15(20)10-8-14;/h5-11,16,24H,4,12-13H2,1-3H3,(H2,21,22,23);1H. The fourth-order valence-electron chi connectivity index (χ4n) is 2.44. The maximum absolute atomic E-state index is 13.1. The van der Waals surface area contributed by atoms with Crippen LogP contribution in [0.1, 0.15) is 30.4 Å². The molecule has 0 spiro atoms. The number of methoxy groups -OCH3 is 1. The van der Waals surface area contributed by atoms with Gasteiger partial charge in [-0.25, -0.2) is 9.38 Å². The maximum atomic E-state index is 13.1. The van der Waals surface area contributed by atoms with E-state index in [1.807, 2.05) is 24.4 Å². The molecule has 5 nitrogen and oxygen atoms in total. The average Bonchev–Trinajstić information content (AvgIpc) is 3.17. The normalized spacial score (nSPS) is 14.8. The van der Waals surface area contributed by atoms with Crippen molar-refractivity contribution in [2.75, 3.05) is 26.7 Å². The molecule has 0 saturated heterocycles. The molecule has 0 aliphatic carbocycles. The van der Waals surface area contributed by atoms with Gasteiger partial charge in [0.25, 0.3) is 0 Å². The summed E-state index contributed by atoms with van der Waals surface area (Å²) >= 11 is 1.50. The van der Waals surface area contributed by atoms with Crippen molar-refractivity contribution in [3.8, 4) is 0 Å². The Morgan fingerprint density at radius 3 is 2.56 bits per heavy atom. The molecule has 0 aliphatic heterocycles. The zero-order valence-electron chi connectivity index (χ0n) is 15.7. The number of nitrogens with zero attached hydrogens (tertiary/aromatic N) is 1. The highest BCUT2D eigenvalue weighted by Gasteiger charge is 2.24. The maximum Gasteiger partial charge on any atom is 0.191 e. The highest BCUT2D eigenvalue weighted by atomic mass is 127. The summed E-state index contributed by atoms with van der Waals surface area (Å²) < 4.78 is 18.6. The van der Waals surface area contributed by atoms with E-state index >= 15 is 0 Å². The summed E-state index contributed by atoms with van der Waals surface area (Å²) in [5.74, 6) is 0.316. The van der Waals surface area contributed by atoms with Crippen LogP contribution in [0.5, 0.6) is 0 Å². The van der Waals surface area contributed by atoms with Crippen LogP contribution in [0.3, 0.4) is 0 Å². The van der Waals surface area contributed by atoms with E-state index in [1.54, 1.807) is 26.2 Å². The second-order valence-electron chi connectivity index (χ2n) is 6.10. The summed E-state index contributed by atoms with van der Waals surface area (Å²) in [7, 11) is 1.61. The fraction of sp³-hybridized carbons (Fsp3) is 0.421. The average molecular weight is 507 g/mol. The first-order valence-electron chi connectivity index (χ1n) is 8.53. The number of halogens is 2. The molecule has 150 valence electrons. The molecule has 2 atom stereocenters. The van der Waals surface area contributed by atoms with Crippen molar-refractivity contribution >= 4 is 41.3 Å². The van der Waals surface area contributed by atoms with Crippen molar-refractivity contribution in [3.63, 3.8) is 0 Å². The highest BCUT2D eigenvalue weighted by Crippen LogP contribution is 2.25. The van der Waals surface area contributed by atoms with Crippen molar-refractivity contribution < 1.29 is 14.2 Å². The van der Waals surface area contributed by atoms with E-state index in [0.29, 0.717) is 19.0 Å². The Bertz CT molecular complexity index is 693. The van der Waals surface area contributed by atoms with Crippen LogP contribution in [0.15, 0.2) is 46.8 Å². The van der Waals surface area contributed by atoms with E-state index in [2.05, 4.69) is 15.6 Å². The van der Waals surface area contributed by atoms with E-state index in [4.69, 9.17) is 4.74 Å². The predicted octanol–water partition coefficient (Wildman–Crippen LogP) is 3.66. The number of hydrogen-bond acceptors (Lipinski definition) is 4. The second kappa shape index (κ2) is 11.6. The monoisotopic (exact) mass is 507 g/mol. The lowest BCUT2D eigenvalue weighted by molar-refractivity contribution is 0.0710. The molecule has 0 radical (unpaired) electrons. The molecule has 27 heavy (non-hydrogen) atoms. The summed E-state index contributed by atoms with van der Waals surface area (Å²) in [6.45, 7) is 5.12. The topological polar surface area (TPSA) is 65.9 Å². The number of guanidine groups is 1. The van der Waals surface area contributed by atoms with Crippen LogP contribution in [0.4, 0.5) is 4.39 Å². The molecule has 2 rings (SSSR count). The molecule has 1 aromatic carbocycles. The largest absolute Gasteiger partial charge is 0.383 e. The van der Waals surface area contributed by atoms with Crippen molar-refractivity contribution in [2.24, 2.45) is 4.99 Å². The molecular formula is C19H27FIN3O2S. The van der Waals surface area contributed by atoms with Gasteiger partial charge in [-0.1, -0.05) is 18.2 Å². The summed E-state index contributed by atoms with van der Waals surface area (Å²) in [5, 5.41) is 18.9. The van der Waals surface area contributed by atoms with Gasteiger partial charge in [-0.05, 0) is 43.0 Å². The van der Waals surface area contributed by atoms with Gasteiger partial charge in [0.1, 0.15) is 11.4 Å². The predicted molar refractivity (Wildman–Crippen MR) is 119 cm³/mol. The van der Waals surface area contributed by atoms with Crippen LogP contribution in [-0.4, -0.2) is 37.8 Å². The zero-order valence-corrected chi connectivity index (χ0v) is 18.9. The molecule has 8 heteroatoms. The smallest absolute Gasteiger partial charge is 0.191 e. The van der Waals surface area contributed by atoms with E-state index in [0.717, 1.165) is 10.4 Å². The van der Waals surface area contributed by atoms with Gasteiger partial charge < -0.3 is 20.5 Å². The molecule has 0 saturated carbocycles. The Kier molecular flexibility index (Phi) is 10.2. The molecule has 2 unspecified atom stereocenters. The molecular weight excluding hydrogens is 480 g/mol. The Hall–Kier alpha value is -1.23. The minimum atomic E-state index is -1.02. The zero-order chi connectivity index (χ0) is 19.0. The van der Waals surface area contributed by atoms with Crippen molar-refractivity contribution in [1.82, 2.24) is 10.6 Å². The van der Waals surface area contributed by atoms with E-state index in [-0.39, 0.29) is 42.4 Å². The van der Waals surface area contributed by atoms with Crippen LogP contribution in [0.25, 0.3) is 0 Å². The first kappa shape index (κ1) is 23.8. The third-order valence-corrected chi connectivity index (χ3v) is 5.05. The van der Waals surface area contributed by atoms with Crippen LogP contribution in [0.2, 0.25) is 0 Å². The van der Waals surface area contributed by atoms with Gasteiger partial charge in [0.2, 0.25) is 0 Å². The van der Waals surface area contributed by atoms with Gasteiger partial charge in [0, 0.05) is 25.1 Å². The van der Waals surface area contributed by atoms with Gasteiger partial charge in [0.15, 0.2) is 5.96 Å². The molecule has 0 bridgehead atoms. The van der Waals surface area contributed by atoms with E-state index in [9.17, 15) is 9.50 Å². The van der Waals surface area contributed by atoms with Crippen molar-refractivity contribution in [2.45, 2.75) is 25.6 Å². The third kappa shape index (κ3) is 7.36. The quantitative estimate of drug-likeness (QED) is 0.290. The first-order valence-corrected chi connectivity index (χ1v) is 9.41.